The van der Waals surface area contributed by atoms with E-state index in [-0.39, 0.29) is 0 Å². The second-order valence-electron chi connectivity index (χ2n) is 5.78. The van der Waals surface area contributed by atoms with E-state index in [1.54, 1.807) is 11.3 Å². The van der Waals surface area contributed by atoms with Gasteiger partial charge in [-0.25, -0.2) is 0 Å². The van der Waals surface area contributed by atoms with Crippen molar-refractivity contribution in [2.24, 2.45) is 10.9 Å². The van der Waals surface area contributed by atoms with Gasteiger partial charge in [0.25, 0.3) is 0 Å². The van der Waals surface area contributed by atoms with Crippen molar-refractivity contribution in [3.05, 3.63) is 22.4 Å². The molecule has 2 atom stereocenters. The van der Waals surface area contributed by atoms with Crippen LogP contribution in [0.15, 0.2) is 22.5 Å². The Morgan fingerprint density at radius 1 is 1.50 bits per heavy atom. The predicted octanol–water partition coefficient (Wildman–Crippen LogP) is 2.14. The lowest BCUT2D eigenvalue weighted by atomic mass is 10.1. The molecule has 112 valence electrons. The van der Waals surface area contributed by atoms with Gasteiger partial charge in [-0.15, -0.1) is 11.3 Å². The number of hydrogen-bond donors (Lipinski definition) is 2. The fraction of sp³-hybridized carbons (Fsp3) is 0.667. The smallest absolute Gasteiger partial charge is 0.191 e. The molecule has 0 bridgehead atoms. The zero-order chi connectivity index (χ0) is 14.5. The maximum atomic E-state index is 4.34. The van der Waals surface area contributed by atoms with Crippen LogP contribution in [0.3, 0.4) is 0 Å². The van der Waals surface area contributed by atoms with Crippen molar-refractivity contribution in [2.75, 3.05) is 20.1 Å². The lowest BCUT2D eigenvalue weighted by Gasteiger charge is -2.21. The van der Waals surface area contributed by atoms with Crippen LogP contribution < -0.4 is 10.6 Å². The number of nitrogens with one attached hydrogen (secondary N) is 2. The summed E-state index contributed by atoms with van der Waals surface area (Å²) < 4.78 is 0. The monoisotopic (exact) mass is 294 g/mol. The first-order chi connectivity index (χ1) is 9.60. The lowest BCUT2D eigenvalue weighted by Crippen LogP contribution is -2.46. The molecule has 5 heteroatoms. The summed E-state index contributed by atoms with van der Waals surface area (Å²) in [6, 6.07) is 5.32. The van der Waals surface area contributed by atoms with Gasteiger partial charge in [-0.05, 0) is 31.2 Å². The van der Waals surface area contributed by atoms with Crippen LogP contribution in [-0.2, 0) is 6.54 Å². The largest absolute Gasteiger partial charge is 0.352 e. The van der Waals surface area contributed by atoms with Crippen LogP contribution in [0.1, 0.15) is 25.6 Å². The summed E-state index contributed by atoms with van der Waals surface area (Å²) in [6.07, 6.45) is 0. The summed E-state index contributed by atoms with van der Waals surface area (Å²) in [6.45, 7) is 9.94. The van der Waals surface area contributed by atoms with Crippen LogP contribution in [0.25, 0.3) is 0 Å². The van der Waals surface area contributed by atoms with Gasteiger partial charge >= 0.3 is 0 Å². The van der Waals surface area contributed by atoms with E-state index in [9.17, 15) is 0 Å². The molecule has 2 N–H and O–H groups in total. The molecule has 1 saturated heterocycles. The molecular formula is C15H26N4S. The van der Waals surface area contributed by atoms with Crippen LogP contribution in [0.5, 0.6) is 0 Å². The van der Waals surface area contributed by atoms with E-state index in [1.807, 2.05) is 7.05 Å². The van der Waals surface area contributed by atoms with Crippen molar-refractivity contribution in [1.29, 1.82) is 0 Å². The molecule has 0 spiro atoms. The molecule has 0 amide bonds. The van der Waals surface area contributed by atoms with Crippen LogP contribution in [-0.4, -0.2) is 43.1 Å². The minimum Gasteiger partial charge on any atom is -0.352 e. The summed E-state index contributed by atoms with van der Waals surface area (Å²) in [5.74, 6) is 1.55. The fourth-order valence-electron chi connectivity index (χ4n) is 2.57. The normalized spacial score (nSPS) is 24.4. The van der Waals surface area contributed by atoms with E-state index in [0.717, 1.165) is 25.6 Å². The maximum Gasteiger partial charge on any atom is 0.191 e. The SMILES string of the molecule is CN=C(NCc1cccs1)NC1CN(C(C)C)CC1C. The molecule has 1 aliphatic rings. The van der Waals surface area contributed by atoms with E-state index in [4.69, 9.17) is 0 Å². The van der Waals surface area contributed by atoms with E-state index in [0.29, 0.717) is 18.0 Å². The Kier molecular flexibility index (Phi) is 5.43. The number of rotatable bonds is 4. The number of aliphatic imine (C=N–C) groups is 1. The quantitative estimate of drug-likeness (QED) is 0.660. The molecule has 0 saturated carbocycles. The summed E-state index contributed by atoms with van der Waals surface area (Å²) in [7, 11) is 1.84. The molecule has 2 unspecified atom stereocenters. The molecule has 1 fully saturated rings. The van der Waals surface area contributed by atoms with Gasteiger partial charge in [-0.3, -0.25) is 9.89 Å². The van der Waals surface area contributed by atoms with Crippen LogP contribution in [0.2, 0.25) is 0 Å². The molecule has 1 aliphatic heterocycles. The summed E-state index contributed by atoms with van der Waals surface area (Å²) >= 11 is 1.77. The average Bonchev–Trinajstić information content (AvgIpc) is 3.04. The Hall–Kier alpha value is -1.07. The molecule has 2 heterocycles. The van der Waals surface area contributed by atoms with Gasteiger partial charge in [0.05, 0.1) is 6.54 Å². The van der Waals surface area contributed by atoms with E-state index in [1.165, 1.54) is 4.88 Å². The van der Waals surface area contributed by atoms with Gasteiger partial charge in [0.1, 0.15) is 0 Å². The molecule has 4 nitrogen and oxygen atoms in total. The average molecular weight is 294 g/mol. The second kappa shape index (κ2) is 7.09. The summed E-state index contributed by atoms with van der Waals surface area (Å²) in [5.41, 5.74) is 0. The first-order valence-corrected chi connectivity index (χ1v) is 8.21. The molecule has 0 radical (unpaired) electrons. The number of guanidine groups is 1. The molecule has 0 aromatic carbocycles. The second-order valence-corrected chi connectivity index (χ2v) is 6.81. The molecular weight excluding hydrogens is 268 g/mol. The van der Waals surface area contributed by atoms with Crippen molar-refractivity contribution >= 4 is 17.3 Å². The van der Waals surface area contributed by atoms with Crippen molar-refractivity contribution in [1.82, 2.24) is 15.5 Å². The highest BCUT2D eigenvalue weighted by Crippen LogP contribution is 2.18. The van der Waals surface area contributed by atoms with Crippen LogP contribution >= 0.6 is 11.3 Å². The third-order valence-corrected chi connectivity index (χ3v) is 4.80. The van der Waals surface area contributed by atoms with Gasteiger partial charge in [0.2, 0.25) is 0 Å². The van der Waals surface area contributed by atoms with Crippen LogP contribution in [0.4, 0.5) is 0 Å². The van der Waals surface area contributed by atoms with Crippen molar-refractivity contribution in [3.8, 4) is 0 Å². The third-order valence-electron chi connectivity index (χ3n) is 3.93. The highest BCUT2D eigenvalue weighted by Gasteiger charge is 2.31. The number of hydrogen-bond acceptors (Lipinski definition) is 3. The van der Waals surface area contributed by atoms with Gasteiger partial charge in [-0.1, -0.05) is 13.0 Å². The van der Waals surface area contributed by atoms with E-state index in [2.05, 4.69) is 58.8 Å². The minimum absolute atomic E-state index is 0.479. The lowest BCUT2D eigenvalue weighted by molar-refractivity contribution is 0.265. The predicted molar refractivity (Wildman–Crippen MR) is 87.3 cm³/mol. The van der Waals surface area contributed by atoms with Crippen molar-refractivity contribution in [2.45, 2.75) is 39.4 Å². The van der Waals surface area contributed by atoms with Gasteiger partial charge in [0, 0.05) is 37.1 Å². The van der Waals surface area contributed by atoms with Gasteiger partial charge in [0.15, 0.2) is 5.96 Å². The molecule has 1 aromatic rings. The first-order valence-electron chi connectivity index (χ1n) is 7.33. The third kappa shape index (κ3) is 3.96. The summed E-state index contributed by atoms with van der Waals surface area (Å²) in [4.78, 5) is 8.19. The van der Waals surface area contributed by atoms with E-state index < -0.39 is 0 Å². The Morgan fingerprint density at radius 2 is 2.30 bits per heavy atom. The maximum absolute atomic E-state index is 4.34. The van der Waals surface area contributed by atoms with Gasteiger partial charge in [-0.2, -0.15) is 0 Å². The Labute approximate surface area is 126 Å². The Bertz CT molecular complexity index is 427. The first kappa shape index (κ1) is 15.3. The Balaban J connectivity index is 1.84. The topological polar surface area (TPSA) is 39.7 Å². The molecule has 0 aliphatic carbocycles. The Morgan fingerprint density at radius 3 is 2.85 bits per heavy atom. The highest BCUT2D eigenvalue weighted by atomic mass is 32.1. The highest BCUT2D eigenvalue weighted by molar-refractivity contribution is 7.09. The molecule has 20 heavy (non-hydrogen) atoms. The standard InChI is InChI=1S/C15H26N4S/c1-11(2)19-9-12(3)14(10-19)18-15(16-4)17-8-13-6-5-7-20-13/h5-7,11-12,14H,8-10H2,1-4H3,(H2,16,17,18). The zero-order valence-corrected chi connectivity index (χ0v) is 13.7. The molecule has 1 aromatic heterocycles. The molecule has 2 rings (SSSR count). The van der Waals surface area contributed by atoms with Gasteiger partial charge < -0.3 is 10.6 Å². The number of nitrogens with zero attached hydrogens (tertiary/aromatic N) is 2. The zero-order valence-electron chi connectivity index (χ0n) is 12.9. The number of likely N-dealkylation sites (tertiary alicyclic amines) is 1. The van der Waals surface area contributed by atoms with Crippen molar-refractivity contribution in [3.63, 3.8) is 0 Å². The van der Waals surface area contributed by atoms with E-state index >= 15 is 0 Å². The fourth-order valence-corrected chi connectivity index (χ4v) is 3.21. The van der Waals surface area contributed by atoms with Crippen molar-refractivity contribution < 1.29 is 0 Å². The minimum atomic E-state index is 0.479. The van der Waals surface area contributed by atoms with Crippen LogP contribution in [0, 0.1) is 5.92 Å². The summed E-state index contributed by atoms with van der Waals surface area (Å²) in [5, 5.41) is 9.06. The number of thiophene rings is 1.